The number of thioether (sulfide) groups is 1. The number of ether oxygens (including phenoxy) is 1. The van der Waals surface area contributed by atoms with Crippen molar-refractivity contribution in [2.45, 2.75) is 24.4 Å². The number of aryl methyl sites for hydroxylation is 2. The third-order valence-electron chi connectivity index (χ3n) is 3.60. The monoisotopic (exact) mass is 378 g/mol. The summed E-state index contributed by atoms with van der Waals surface area (Å²) in [7, 11) is 3.84. The quantitative estimate of drug-likeness (QED) is 0.166. The van der Waals surface area contributed by atoms with Crippen molar-refractivity contribution in [2.24, 2.45) is 14.1 Å². The number of aromatic nitrogens is 2. The van der Waals surface area contributed by atoms with E-state index in [1.165, 1.54) is 36.0 Å². The number of Topliss-reactive ketones (excluding diaryl/α,β-unsaturated/α-hetero) is 1. The fraction of sp³-hybridized carbons (Fsp3) is 0.353. The molecule has 138 valence electrons. The Morgan fingerprint density at radius 1 is 1.27 bits per heavy atom. The molecule has 0 radical (unpaired) electrons. The van der Waals surface area contributed by atoms with E-state index in [0.717, 1.165) is 5.16 Å². The Hall–Kier alpha value is -2.68. The van der Waals surface area contributed by atoms with E-state index in [1.807, 2.05) is 35.6 Å². The summed E-state index contributed by atoms with van der Waals surface area (Å²) in [6, 6.07) is 5.29. The summed E-state index contributed by atoms with van der Waals surface area (Å²) in [6.45, 7) is 0. The van der Waals surface area contributed by atoms with E-state index in [0.29, 0.717) is 18.6 Å². The lowest BCUT2D eigenvalue weighted by Crippen LogP contribution is -2.29. The molecule has 0 saturated heterocycles. The molecule has 0 bridgehead atoms. The Balaban J connectivity index is 1.69. The van der Waals surface area contributed by atoms with Crippen LogP contribution < -0.4 is 9.30 Å². The summed E-state index contributed by atoms with van der Waals surface area (Å²) < 4.78 is 8.98. The fourth-order valence-corrected chi connectivity index (χ4v) is 3.21. The molecule has 2 aromatic rings. The van der Waals surface area contributed by atoms with Crippen molar-refractivity contribution < 1.29 is 23.8 Å². The average Bonchev–Trinajstić information content (AvgIpc) is 2.91. The Morgan fingerprint density at radius 2 is 1.96 bits per heavy atom. The molecular formula is C17H20N3O5S+. The molecule has 1 heterocycles. The maximum Gasteiger partial charge on any atom is 0.317 e. The summed E-state index contributed by atoms with van der Waals surface area (Å²) in [6.07, 6.45) is 4.66. The van der Waals surface area contributed by atoms with Crippen molar-refractivity contribution in [1.82, 2.24) is 4.57 Å². The van der Waals surface area contributed by atoms with Crippen LogP contribution in [0, 0.1) is 10.1 Å². The number of non-ortho nitro benzene ring substituents is 1. The van der Waals surface area contributed by atoms with Crippen LogP contribution in [-0.2, 0) is 23.7 Å². The molecule has 1 aromatic carbocycles. The summed E-state index contributed by atoms with van der Waals surface area (Å²) in [5, 5.41) is 11.5. The van der Waals surface area contributed by atoms with Gasteiger partial charge in [0.25, 0.3) is 5.69 Å². The summed E-state index contributed by atoms with van der Waals surface area (Å²) in [5.41, 5.74) is -0.0699. The smallest absolute Gasteiger partial charge is 0.317 e. The van der Waals surface area contributed by atoms with E-state index in [2.05, 4.69) is 0 Å². The zero-order valence-electron chi connectivity index (χ0n) is 14.6. The molecule has 26 heavy (non-hydrogen) atoms. The first kappa shape index (κ1) is 19.6. The molecule has 0 fully saturated rings. The minimum atomic E-state index is -0.523. The van der Waals surface area contributed by atoms with Crippen LogP contribution in [0.2, 0.25) is 0 Å². The number of carbonyl (C=O) groups excluding carboxylic acids is 2. The predicted molar refractivity (Wildman–Crippen MR) is 94.9 cm³/mol. The molecule has 0 aliphatic rings. The highest BCUT2D eigenvalue weighted by molar-refractivity contribution is 7.99. The molecule has 8 nitrogen and oxygen atoms in total. The van der Waals surface area contributed by atoms with Crippen LogP contribution in [0.1, 0.15) is 19.3 Å². The highest BCUT2D eigenvalue weighted by atomic mass is 32.2. The van der Waals surface area contributed by atoms with E-state index in [1.54, 1.807) is 0 Å². The number of imidazole rings is 1. The van der Waals surface area contributed by atoms with Crippen LogP contribution in [0.5, 0.6) is 5.75 Å². The number of hydrogen-bond donors (Lipinski definition) is 0. The van der Waals surface area contributed by atoms with Crippen LogP contribution in [-0.4, -0.2) is 27.0 Å². The van der Waals surface area contributed by atoms with Gasteiger partial charge >= 0.3 is 11.1 Å². The molecule has 2 rings (SSSR count). The third-order valence-corrected chi connectivity index (χ3v) is 4.90. The molecule has 0 unspecified atom stereocenters. The maximum absolute atomic E-state index is 11.9. The third kappa shape index (κ3) is 5.69. The van der Waals surface area contributed by atoms with Gasteiger partial charge in [-0.1, -0.05) is 0 Å². The SMILES string of the molecule is Cn1cc[n+](C)c1SCC(=O)CCCC(=O)Oc1ccc([N+](=O)[O-])cc1. The second kappa shape index (κ2) is 9.14. The fourth-order valence-electron chi connectivity index (χ4n) is 2.25. The van der Waals surface area contributed by atoms with Crippen molar-refractivity contribution in [2.75, 3.05) is 5.75 Å². The van der Waals surface area contributed by atoms with Crippen LogP contribution in [0.4, 0.5) is 5.69 Å². The first-order chi connectivity index (χ1) is 12.4. The van der Waals surface area contributed by atoms with Gasteiger partial charge in [-0.3, -0.25) is 19.7 Å². The largest absolute Gasteiger partial charge is 0.427 e. The summed E-state index contributed by atoms with van der Waals surface area (Å²) >= 11 is 1.46. The van der Waals surface area contributed by atoms with E-state index in [9.17, 15) is 19.7 Å². The van der Waals surface area contributed by atoms with Gasteiger partial charge in [-0.25, -0.2) is 9.13 Å². The van der Waals surface area contributed by atoms with Crippen LogP contribution in [0.3, 0.4) is 0 Å². The lowest BCUT2D eigenvalue weighted by Gasteiger charge is -2.04. The standard InChI is InChI=1S/C17H20N3O5S/c1-18-10-11-19(2)17(18)26-12-14(21)4-3-5-16(22)25-15-8-6-13(7-9-15)20(23)24/h6-11H,3-5,12H2,1-2H3/q+1. The van der Waals surface area contributed by atoms with Gasteiger partial charge in [-0.05, 0) is 30.3 Å². The first-order valence-corrected chi connectivity index (χ1v) is 8.96. The minimum Gasteiger partial charge on any atom is -0.427 e. The van der Waals surface area contributed by atoms with Crippen molar-refractivity contribution in [1.29, 1.82) is 0 Å². The molecule has 0 aliphatic heterocycles. The van der Waals surface area contributed by atoms with Gasteiger partial charge in [-0.2, -0.15) is 0 Å². The van der Waals surface area contributed by atoms with Gasteiger partial charge in [0, 0.05) is 25.0 Å². The molecular weight excluding hydrogens is 358 g/mol. The van der Waals surface area contributed by atoms with Crippen molar-refractivity contribution in [3.63, 3.8) is 0 Å². The lowest BCUT2D eigenvalue weighted by molar-refractivity contribution is -0.709. The van der Waals surface area contributed by atoms with Crippen LogP contribution >= 0.6 is 11.8 Å². The lowest BCUT2D eigenvalue weighted by atomic mass is 10.2. The van der Waals surface area contributed by atoms with E-state index in [4.69, 9.17) is 4.74 Å². The highest BCUT2D eigenvalue weighted by Gasteiger charge is 2.15. The van der Waals surface area contributed by atoms with Gasteiger partial charge in [0.05, 0.1) is 24.8 Å². The normalized spacial score (nSPS) is 10.5. The van der Waals surface area contributed by atoms with Gasteiger partial charge in [-0.15, -0.1) is 0 Å². The highest BCUT2D eigenvalue weighted by Crippen LogP contribution is 2.18. The van der Waals surface area contributed by atoms with Crippen LogP contribution in [0.25, 0.3) is 0 Å². The number of nitro groups is 1. The maximum atomic E-state index is 11.9. The summed E-state index contributed by atoms with van der Waals surface area (Å²) in [4.78, 5) is 33.8. The zero-order chi connectivity index (χ0) is 19.1. The number of hydrogen-bond acceptors (Lipinski definition) is 6. The number of nitro benzene ring substituents is 1. The second-order valence-corrected chi connectivity index (χ2v) is 6.65. The summed E-state index contributed by atoms with van der Waals surface area (Å²) in [5.74, 6) is 0.203. The second-order valence-electron chi connectivity index (χ2n) is 5.71. The van der Waals surface area contributed by atoms with E-state index < -0.39 is 10.9 Å². The van der Waals surface area contributed by atoms with Gasteiger partial charge in [0.15, 0.2) is 0 Å². The molecule has 9 heteroatoms. The van der Waals surface area contributed by atoms with E-state index >= 15 is 0 Å². The number of ketones is 1. The molecule has 0 spiro atoms. The molecule has 0 saturated carbocycles. The molecule has 1 aromatic heterocycles. The first-order valence-electron chi connectivity index (χ1n) is 7.97. The minimum absolute atomic E-state index is 0.0688. The van der Waals surface area contributed by atoms with Crippen molar-refractivity contribution in [3.8, 4) is 5.75 Å². The van der Waals surface area contributed by atoms with Gasteiger partial charge in [0.1, 0.15) is 23.9 Å². The topological polar surface area (TPSA) is 95.3 Å². The number of rotatable bonds is 9. The zero-order valence-corrected chi connectivity index (χ0v) is 15.4. The van der Waals surface area contributed by atoms with Crippen LogP contribution in [0.15, 0.2) is 41.8 Å². The number of nitrogens with zero attached hydrogens (tertiary/aromatic N) is 3. The Kier molecular flexibility index (Phi) is 6.90. The molecule has 0 N–H and O–H groups in total. The van der Waals surface area contributed by atoms with E-state index in [-0.39, 0.29) is 23.6 Å². The van der Waals surface area contributed by atoms with Gasteiger partial charge < -0.3 is 4.74 Å². The Bertz CT molecular complexity index is 782. The van der Waals surface area contributed by atoms with Crippen molar-refractivity contribution in [3.05, 3.63) is 46.8 Å². The molecule has 0 atom stereocenters. The number of carbonyl (C=O) groups is 2. The average molecular weight is 378 g/mol. The molecule has 0 aliphatic carbocycles. The Labute approximate surface area is 154 Å². The number of benzene rings is 1. The van der Waals surface area contributed by atoms with Crippen molar-refractivity contribution >= 4 is 29.2 Å². The predicted octanol–water partition coefficient (Wildman–Crippen LogP) is 2.19. The van der Waals surface area contributed by atoms with Gasteiger partial charge in [0.2, 0.25) is 0 Å². The Morgan fingerprint density at radius 3 is 2.54 bits per heavy atom. The molecule has 0 amide bonds. The number of esters is 1.